The molecule has 1 aromatic heterocycles. The zero-order chi connectivity index (χ0) is 26.6. The molecule has 1 aliphatic heterocycles. The van der Waals surface area contributed by atoms with Crippen molar-refractivity contribution < 1.29 is 14.3 Å². The summed E-state index contributed by atoms with van der Waals surface area (Å²) in [6.45, 7) is 4.18. The molecule has 4 aromatic rings. The Morgan fingerprint density at radius 1 is 1.05 bits per heavy atom. The Kier molecular flexibility index (Phi) is 7.72. The Morgan fingerprint density at radius 3 is 2.50 bits per heavy atom. The van der Waals surface area contributed by atoms with Crippen LogP contribution in [0.4, 0.5) is 0 Å². The number of nitrogens with zero attached hydrogens (tertiary/aromatic N) is 2. The number of hydrogen-bond acceptors (Lipinski definition) is 6. The predicted octanol–water partition coefficient (Wildman–Crippen LogP) is 5.14. The van der Waals surface area contributed by atoms with Crippen LogP contribution in [0.15, 0.2) is 104 Å². The van der Waals surface area contributed by atoms with Crippen LogP contribution in [0.1, 0.15) is 36.6 Å². The molecule has 2 heterocycles. The van der Waals surface area contributed by atoms with Crippen molar-refractivity contribution in [2.24, 2.45) is 4.99 Å². The van der Waals surface area contributed by atoms with E-state index in [4.69, 9.17) is 9.47 Å². The van der Waals surface area contributed by atoms with Crippen molar-refractivity contribution in [2.45, 2.75) is 26.5 Å². The lowest BCUT2D eigenvalue weighted by Crippen LogP contribution is -2.39. The minimum Gasteiger partial charge on any atom is -0.488 e. The van der Waals surface area contributed by atoms with Crippen molar-refractivity contribution in [2.75, 3.05) is 6.61 Å². The molecule has 192 valence electrons. The van der Waals surface area contributed by atoms with Crippen molar-refractivity contribution >= 4 is 39.3 Å². The Hall–Kier alpha value is -3.75. The average Bonchev–Trinajstić information content (AvgIpc) is 3.22. The van der Waals surface area contributed by atoms with Gasteiger partial charge in [0.2, 0.25) is 0 Å². The smallest absolute Gasteiger partial charge is 0.338 e. The maximum absolute atomic E-state index is 13.8. The fourth-order valence-electron chi connectivity index (χ4n) is 4.36. The second-order valence-electron chi connectivity index (χ2n) is 8.67. The third kappa shape index (κ3) is 5.28. The van der Waals surface area contributed by atoms with Gasteiger partial charge < -0.3 is 9.47 Å². The van der Waals surface area contributed by atoms with Gasteiger partial charge >= 0.3 is 5.97 Å². The summed E-state index contributed by atoms with van der Waals surface area (Å²) in [5.41, 5.74) is 3.31. The molecule has 6 nitrogen and oxygen atoms in total. The molecule has 0 radical (unpaired) electrons. The minimum atomic E-state index is -0.648. The number of halogens is 1. The fourth-order valence-corrected chi connectivity index (χ4v) is 5.66. The number of ether oxygens (including phenoxy) is 2. The molecule has 38 heavy (non-hydrogen) atoms. The van der Waals surface area contributed by atoms with E-state index in [0.717, 1.165) is 21.2 Å². The van der Waals surface area contributed by atoms with Gasteiger partial charge in [-0.25, -0.2) is 9.79 Å². The van der Waals surface area contributed by atoms with Crippen molar-refractivity contribution in [3.8, 4) is 5.75 Å². The van der Waals surface area contributed by atoms with E-state index >= 15 is 0 Å². The average molecular weight is 590 g/mol. The van der Waals surface area contributed by atoms with E-state index in [-0.39, 0.29) is 12.2 Å². The molecule has 5 rings (SSSR count). The van der Waals surface area contributed by atoms with Crippen molar-refractivity contribution in [3.63, 3.8) is 0 Å². The summed E-state index contributed by atoms with van der Waals surface area (Å²) in [5, 5.41) is 0. The highest BCUT2D eigenvalue weighted by Crippen LogP contribution is 2.31. The first-order chi connectivity index (χ1) is 18.5. The van der Waals surface area contributed by atoms with E-state index in [1.165, 1.54) is 11.3 Å². The summed E-state index contributed by atoms with van der Waals surface area (Å²) in [6.07, 6.45) is 1.83. The first kappa shape index (κ1) is 25.9. The summed E-state index contributed by atoms with van der Waals surface area (Å²) in [4.78, 5) is 32.1. The Morgan fingerprint density at radius 2 is 1.76 bits per heavy atom. The monoisotopic (exact) mass is 588 g/mol. The van der Waals surface area contributed by atoms with E-state index in [1.807, 2.05) is 84.9 Å². The zero-order valence-electron chi connectivity index (χ0n) is 20.9. The minimum absolute atomic E-state index is 0.228. The summed E-state index contributed by atoms with van der Waals surface area (Å²) in [5.74, 6) is 0.200. The third-order valence-electron chi connectivity index (χ3n) is 6.15. The molecule has 0 spiro atoms. The van der Waals surface area contributed by atoms with Crippen LogP contribution < -0.4 is 19.6 Å². The summed E-state index contributed by atoms with van der Waals surface area (Å²) < 4.78 is 14.5. The third-order valence-corrected chi connectivity index (χ3v) is 7.66. The molecule has 0 aliphatic carbocycles. The molecule has 1 aliphatic rings. The fraction of sp³-hybridized carbons (Fsp3) is 0.167. The normalized spacial score (nSPS) is 15.1. The zero-order valence-corrected chi connectivity index (χ0v) is 23.3. The van der Waals surface area contributed by atoms with Crippen LogP contribution in [0.2, 0.25) is 0 Å². The number of esters is 1. The number of benzene rings is 3. The molecule has 0 bridgehead atoms. The number of thiazole rings is 1. The van der Waals surface area contributed by atoms with E-state index in [1.54, 1.807) is 18.4 Å². The highest BCUT2D eigenvalue weighted by atomic mass is 79.9. The standard InChI is InChI=1S/C30H25BrN2O4S/c1-3-36-29(35)26-19(2)32-30-33(27(26)21-13-15-23(31)16-14-21)28(34)25(38-30)17-22-11-7-8-12-24(22)37-18-20-9-5-4-6-10-20/h4-17,27H,3,18H2,1-2H3/b25-17+/t27-/m1/s1. The number of hydrogen-bond donors (Lipinski definition) is 0. The van der Waals surface area contributed by atoms with Crippen molar-refractivity contribution in [1.29, 1.82) is 0 Å². The highest BCUT2D eigenvalue weighted by Gasteiger charge is 2.33. The number of allylic oxidation sites excluding steroid dienone is 1. The second-order valence-corrected chi connectivity index (χ2v) is 10.6. The maximum atomic E-state index is 13.8. The quantitative estimate of drug-likeness (QED) is 0.280. The van der Waals surface area contributed by atoms with E-state index in [0.29, 0.717) is 33.0 Å². The van der Waals surface area contributed by atoms with Gasteiger partial charge in [0.1, 0.15) is 12.4 Å². The predicted molar refractivity (Wildman–Crippen MR) is 152 cm³/mol. The topological polar surface area (TPSA) is 69.9 Å². The molecule has 1 atom stereocenters. The van der Waals surface area contributed by atoms with Gasteiger partial charge in [-0.15, -0.1) is 0 Å². The van der Waals surface area contributed by atoms with E-state index in [2.05, 4.69) is 20.9 Å². The molecule has 0 saturated heterocycles. The maximum Gasteiger partial charge on any atom is 0.338 e. The van der Waals surface area contributed by atoms with Crippen LogP contribution in [0, 0.1) is 0 Å². The molecule has 0 saturated carbocycles. The van der Waals surface area contributed by atoms with Crippen LogP contribution in [-0.4, -0.2) is 17.1 Å². The van der Waals surface area contributed by atoms with Gasteiger partial charge in [0.15, 0.2) is 4.80 Å². The first-order valence-corrected chi connectivity index (χ1v) is 13.8. The van der Waals surface area contributed by atoms with E-state index in [9.17, 15) is 9.59 Å². The highest BCUT2D eigenvalue weighted by molar-refractivity contribution is 9.10. The van der Waals surface area contributed by atoms with Gasteiger partial charge in [-0.05, 0) is 49.2 Å². The van der Waals surface area contributed by atoms with Crippen molar-refractivity contribution in [1.82, 2.24) is 4.57 Å². The van der Waals surface area contributed by atoms with Gasteiger partial charge in [0.25, 0.3) is 5.56 Å². The van der Waals surface area contributed by atoms with Crippen molar-refractivity contribution in [3.05, 3.63) is 131 Å². The molecule has 0 unspecified atom stereocenters. The molecule has 0 fully saturated rings. The Bertz CT molecular complexity index is 1690. The first-order valence-electron chi connectivity index (χ1n) is 12.2. The lowest BCUT2D eigenvalue weighted by Gasteiger charge is -2.24. The van der Waals surface area contributed by atoms with Crippen LogP contribution in [0.5, 0.6) is 5.75 Å². The molecule has 0 N–H and O–H groups in total. The molecule has 0 amide bonds. The number of fused-ring (bicyclic) bond motifs is 1. The number of para-hydroxylation sites is 1. The Balaban J connectivity index is 1.61. The lowest BCUT2D eigenvalue weighted by atomic mass is 9.96. The summed E-state index contributed by atoms with van der Waals surface area (Å²) in [7, 11) is 0. The number of carbonyl (C=O) groups is 1. The van der Waals surface area contributed by atoms with Gasteiger partial charge in [-0.3, -0.25) is 9.36 Å². The molecule has 8 heteroatoms. The van der Waals surface area contributed by atoms with Crippen LogP contribution >= 0.6 is 27.3 Å². The SMILES string of the molecule is CCOC(=O)C1=C(C)N=c2s/c(=C/c3ccccc3OCc3ccccc3)c(=O)n2[C@@H]1c1ccc(Br)cc1. The van der Waals surface area contributed by atoms with Crippen LogP contribution in [-0.2, 0) is 16.1 Å². The van der Waals surface area contributed by atoms with Crippen LogP contribution in [0.25, 0.3) is 6.08 Å². The number of rotatable bonds is 7. The number of aromatic nitrogens is 1. The number of carbonyl (C=O) groups excluding carboxylic acids is 1. The van der Waals surface area contributed by atoms with Gasteiger partial charge in [0, 0.05) is 10.0 Å². The Labute approximate surface area is 232 Å². The molecular weight excluding hydrogens is 564 g/mol. The van der Waals surface area contributed by atoms with Crippen LogP contribution in [0.3, 0.4) is 0 Å². The molecular formula is C30H25BrN2O4S. The van der Waals surface area contributed by atoms with Gasteiger partial charge in [0.05, 0.1) is 28.5 Å². The molecule has 3 aromatic carbocycles. The lowest BCUT2D eigenvalue weighted by molar-refractivity contribution is -0.139. The largest absolute Gasteiger partial charge is 0.488 e. The van der Waals surface area contributed by atoms with Gasteiger partial charge in [-0.2, -0.15) is 0 Å². The summed E-state index contributed by atoms with van der Waals surface area (Å²) in [6, 6.07) is 24.5. The second kappa shape index (κ2) is 11.3. The van der Waals surface area contributed by atoms with Gasteiger partial charge in [-0.1, -0.05) is 87.9 Å². The van der Waals surface area contributed by atoms with E-state index < -0.39 is 12.0 Å². The summed E-state index contributed by atoms with van der Waals surface area (Å²) >= 11 is 4.76.